The zero-order valence-corrected chi connectivity index (χ0v) is 16.4. The van der Waals surface area contributed by atoms with E-state index in [9.17, 15) is 14.4 Å². The summed E-state index contributed by atoms with van der Waals surface area (Å²) in [6, 6.07) is 23.2. The summed E-state index contributed by atoms with van der Waals surface area (Å²) in [5.74, 6) is -0.972. The van der Waals surface area contributed by atoms with Gasteiger partial charge < -0.3 is 14.8 Å². The van der Waals surface area contributed by atoms with Gasteiger partial charge in [-0.3, -0.25) is 4.79 Å². The van der Waals surface area contributed by atoms with Crippen LogP contribution in [0, 0.1) is 0 Å². The topological polar surface area (TPSA) is 81.7 Å². The zero-order valence-electron chi connectivity index (χ0n) is 16.4. The van der Waals surface area contributed by atoms with Crippen LogP contribution in [0.4, 0.5) is 0 Å². The monoisotopic (exact) mass is 403 g/mol. The smallest absolute Gasteiger partial charge is 0.343 e. The van der Waals surface area contributed by atoms with E-state index in [-0.39, 0.29) is 12.3 Å². The Bertz CT molecular complexity index is 1000. The molecule has 1 unspecified atom stereocenters. The normalized spacial score (nSPS) is 11.2. The Morgan fingerprint density at radius 3 is 1.93 bits per heavy atom. The van der Waals surface area contributed by atoms with Gasteiger partial charge in [0.15, 0.2) is 0 Å². The van der Waals surface area contributed by atoms with Crippen LogP contribution >= 0.6 is 0 Å². The molecule has 1 atom stereocenters. The second-order valence-electron chi connectivity index (χ2n) is 6.52. The van der Waals surface area contributed by atoms with Crippen molar-refractivity contribution in [3.05, 3.63) is 102 Å². The molecule has 0 aliphatic carbocycles. The molecule has 0 heterocycles. The molecule has 3 rings (SSSR count). The Hall–Kier alpha value is -3.93. The summed E-state index contributed by atoms with van der Waals surface area (Å²) in [5, 5.41) is 2.70. The Morgan fingerprint density at radius 1 is 0.800 bits per heavy atom. The molecule has 0 aliphatic rings. The summed E-state index contributed by atoms with van der Waals surface area (Å²) in [6.45, 7) is 0. The van der Waals surface area contributed by atoms with E-state index in [1.165, 1.54) is 7.11 Å². The van der Waals surface area contributed by atoms with Gasteiger partial charge in [-0.2, -0.15) is 0 Å². The third kappa shape index (κ3) is 5.54. The van der Waals surface area contributed by atoms with Crippen molar-refractivity contribution in [1.29, 1.82) is 0 Å². The molecule has 6 nitrogen and oxygen atoms in total. The average Bonchev–Trinajstić information content (AvgIpc) is 2.80. The average molecular weight is 403 g/mol. The first-order valence-corrected chi connectivity index (χ1v) is 9.36. The van der Waals surface area contributed by atoms with E-state index in [0.717, 1.165) is 5.56 Å². The second-order valence-corrected chi connectivity index (χ2v) is 6.52. The lowest BCUT2D eigenvalue weighted by Gasteiger charge is -2.17. The summed E-state index contributed by atoms with van der Waals surface area (Å²) in [5.41, 5.74) is 1.68. The first-order chi connectivity index (χ1) is 14.6. The number of nitrogens with one attached hydrogen (secondary N) is 1. The first kappa shape index (κ1) is 20.8. The molecule has 1 N–H and O–H groups in total. The maximum Gasteiger partial charge on any atom is 0.343 e. The van der Waals surface area contributed by atoms with Gasteiger partial charge in [-0.05, 0) is 42.0 Å². The summed E-state index contributed by atoms with van der Waals surface area (Å²) >= 11 is 0. The third-order valence-electron chi connectivity index (χ3n) is 4.41. The minimum Gasteiger partial charge on any atom is -0.467 e. The van der Waals surface area contributed by atoms with Crippen molar-refractivity contribution in [2.45, 2.75) is 12.5 Å². The zero-order chi connectivity index (χ0) is 21.3. The van der Waals surface area contributed by atoms with E-state index >= 15 is 0 Å². The number of ether oxygens (including phenoxy) is 2. The van der Waals surface area contributed by atoms with Crippen LogP contribution < -0.4 is 10.1 Å². The lowest BCUT2D eigenvalue weighted by molar-refractivity contribution is -0.142. The highest BCUT2D eigenvalue weighted by Gasteiger charge is 2.22. The van der Waals surface area contributed by atoms with E-state index in [2.05, 4.69) is 5.32 Å². The number of hydrogen-bond acceptors (Lipinski definition) is 5. The van der Waals surface area contributed by atoms with Gasteiger partial charge in [-0.1, -0.05) is 48.5 Å². The standard InChI is InChI=1S/C24H21NO5/c1-29-24(28)21(25-22(26)18-8-4-2-5-9-18)16-17-12-14-20(15-13-17)30-23(27)19-10-6-3-7-11-19/h2-15,21H,16H2,1H3,(H,25,26). The maximum absolute atomic E-state index is 12.4. The van der Waals surface area contributed by atoms with Crippen molar-refractivity contribution in [2.24, 2.45) is 0 Å². The van der Waals surface area contributed by atoms with E-state index in [1.807, 2.05) is 6.07 Å². The van der Waals surface area contributed by atoms with Gasteiger partial charge in [-0.25, -0.2) is 9.59 Å². The summed E-state index contributed by atoms with van der Waals surface area (Å²) in [7, 11) is 1.27. The van der Waals surface area contributed by atoms with Gasteiger partial charge in [0.05, 0.1) is 12.7 Å². The number of benzene rings is 3. The third-order valence-corrected chi connectivity index (χ3v) is 4.41. The fraction of sp³-hybridized carbons (Fsp3) is 0.125. The van der Waals surface area contributed by atoms with Crippen molar-refractivity contribution in [1.82, 2.24) is 5.32 Å². The van der Waals surface area contributed by atoms with Crippen molar-refractivity contribution in [3.63, 3.8) is 0 Å². The molecule has 0 aromatic heterocycles. The largest absolute Gasteiger partial charge is 0.467 e. The van der Waals surface area contributed by atoms with E-state index in [0.29, 0.717) is 16.9 Å². The van der Waals surface area contributed by atoms with Gasteiger partial charge >= 0.3 is 11.9 Å². The molecule has 6 heteroatoms. The molecule has 0 saturated carbocycles. The van der Waals surface area contributed by atoms with E-state index < -0.39 is 18.0 Å². The van der Waals surface area contributed by atoms with Gasteiger partial charge in [-0.15, -0.1) is 0 Å². The molecule has 0 spiro atoms. The van der Waals surface area contributed by atoms with Crippen LogP contribution in [0.2, 0.25) is 0 Å². The fourth-order valence-corrected chi connectivity index (χ4v) is 2.84. The second kappa shape index (κ2) is 10.0. The highest BCUT2D eigenvalue weighted by Crippen LogP contribution is 2.16. The van der Waals surface area contributed by atoms with Crippen LogP contribution in [0.25, 0.3) is 0 Å². The first-order valence-electron chi connectivity index (χ1n) is 9.36. The highest BCUT2D eigenvalue weighted by molar-refractivity contribution is 5.96. The predicted octanol–water partition coefficient (Wildman–Crippen LogP) is 3.42. The Labute approximate surface area is 174 Å². The van der Waals surface area contributed by atoms with Gasteiger partial charge in [0.2, 0.25) is 0 Å². The molecule has 0 saturated heterocycles. The molecule has 0 radical (unpaired) electrons. The lowest BCUT2D eigenvalue weighted by atomic mass is 10.0. The molecule has 3 aromatic carbocycles. The molecule has 1 amide bonds. The highest BCUT2D eigenvalue weighted by atomic mass is 16.5. The Balaban J connectivity index is 1.65. The van der Waals surface area contributed by atoms with Crippen LogP contribution in [0.3, 0.4) is 0 Å². The summed E-state index contributed by atoms with van der Waals surface area (Å²) < 4.78 is 10.2. The predicted molar refractivity (Wildman–Crippen MR) is 111 cm³/mol. The molecule has 0 fully saturated rings. The number of esters is 2. The van der Waals surface area contributed by atoms with Crippen molar-refractivity contribution in [3.8, 4) is 5.75 Å². The molecular formula is C24H21NO5. The van der Waals surface area contributed by atoms with Crippen LogP contribution in [0.5, 0.6) is 5.75 Å². The molecular weight excluding hydrogens is 382 g/mol. The number of methoxy groups -OCH3 is 1. The molecule has 30 heavy (non-hydrogen) atoms. The van der Waals surface area contributed by atoms with Gasteiger partial charge in [0.1, 0.15) is 11.8 Å². The van der Waals surface area contributed by atoms with Crippen molar-refractivity contribution in [2.75, 3.05) is 7.11 Å². The van der Waals surface area contributed by atoms with Crippen LogP contribution in [0.1, 0.15) is 26.3 Å². The minimum absolute atomic E-state index is 0.234. The number of amides is 1. The quantitative estimate of drug-likeness (QED) is 0.483. The lowest BCUT2D eigenvalue weighted by Crippen LogP contribution is -2.43. The maximum atomic E-state index is 12.4. The van der Waals surface area contributed by atoms with E-state index in [1.54, 1.807) is 78.9 Å². The van der Waals surface area contributed by atoms with Crippen LogP contribution in [0.15, 0.2) is 84.9 Å². The molecule has 0 aliphatic heterocycles. The van der Waals surface area contributed by atoms with Gasteiger partial charge in [0.25, 0.3) is 5.91 Å². The molecule has 0 bridgehead atoms. The molecule has 152 valence electrons. The van der Waals surface area contributed by atoms with Crippen molar-refractivity contribution < 1.29 is 23.9 Å². The Morgan fingerprint density at radius 2 is 1.37 bits per heavy atom. The number of carbonyl (C=O) groups is 3. The van der Waals surface area contributed by atoms with E-state index in [4.69, 9.17) is 9.47 Å². The number of hydrogen-bond donors (Lipinski definition) is 1. The summed E-state index contributed by atoms with van der Waals surface area (Å²) in [6.07, 6.45) is 0.234. The molecule has 3 aromatic rings. The fourth-order valence-electron chi connectivity index (χ4n) is 2.84. The number of carbonyl (C=O) groups excluding carboxylic acids is 3. The minimum atomic E-state index is -0.847. The van der Waals surface area contributed by atoms with Crippen LogP contribution in [-0.2, 0) is 16.0 Å². The number of rotatable bonds is 7. The van der Waals surface area contributed by atoms with Gasteiger partial charge in [0, 0.05) is 12.0 Å². The van der Waals surface area contributed by atoms with Crippen LogP contribution in [-0.4, -0.2) is 31.0 Å². The Kier molecular flexibility index (Phi) is 6.95. The van der Waals surface area contributed by atoms with Crippen molar-refractivity contribution >= 4 is 17.8 Å². The summed E-state index contributed by atoms with van der Waals surface area (Å²) in [4.78, 5) is 36.7. The SMILES string of the molecule is COC(=O)C(Cc1ccc(OC(=O)c2ccccc2)cc1)NC(=O)c1ccccc1.